The molecule has 2 fully saturated rings. The number of carbonyl (C=O) groups excluding carboxylic acids is 1. The van der Waals surface area contributed by atoms with Crippen LogP contribution in [-0.2, 0) is 4.79 Å². The molecule has 5 nitrogen and oxygen atoms in total. The van der Waals surface area contributed by atoms with Crippen molar-refractivity contribution < 1.29 is 4.79 Å². The first kappa shape index (κ1) is 13.8. The number of hydrogen-bond acceptors (Lipinski definition) is 4. The number of carbonyl (C=O) groups is 1. The molecule has 22 heavy (non-hydrogen) atoms. The molecule has 1 aromatic heterocycles. The summed E-state index contributed by atoms with van der Waals surface area (Å²) in [6.45, 7) is 0. The zero-order valence-electron chi connectivity index (χ0n) is 12.2. The van der Waals surface area contributed by atoms with Gasteiger partial charge in [0.05, 0.1) is 11.4 Å². The summed E-state index contributed by atoms with van der Waals surface area (Å²) in [6.07, 6.45) is 4.59. The van der Waals surface area contributed by atoms with E-state index in [9.17, 15) is 4.79 Å². The third kappa shape index (κ3) is 3.16. The van der Waals surface area contributed by atoms with Crippen LogP contribution in [0, 0.1) is 0 Å². The van der Waals surface area contributed by atoms with Gasteiger partial charge in [0, 0.05) is 12.0 Å². The Labute approximate surface area is 133 Å². The number of rotatable bonds is 6. The average molecular weight is 314 g/mol. The Balaban J connectivity index is 1.49. The zero-order chi connectivity index (χ0) is 14.9. The van der Waals surface area contributed by atoms with Crippen LogP contribution in [0.2, 0.25) is 0 Å². The molecule has 1 heterocycles. The van der Waals surface area contributed by atoms with Crippen LogP contribution in [0.1, 0.15) is 37.4 Å². The van der Waals surface area contributed by atoms with Gasteiger partial charge in [-0.1, -0.05) is 30.0 Å². The van der Waals surface area contributed by atoms with Crippen LogP contribution in [0.15, 0.2) is 35.5 Å². The van der Waals surface area contributed by atoms with Gasteiger partial charge in [0.1, 0.15) is 5.82 Å². The maximum atomic E-state index is 11.8. The van der Waals surface area contributed by atoms with Gasteiger partial charge < -0.3 is 5.32 Å². The standard InChI is InChI=1S/C16H18N4OS/c21-14(17-12-8-9-12)10-22-16-18-15(11-6-7-11)20(19-16)13-4-2-1-3-5-13/h1-5,11-12H,6-10H2,(H,17,21). The molecular weight excluding hydrogens is 296 g/mol. The lowest BCUT2D eigenvalue weighted by atomic mass is 10.3. The van der Waals surface area contributed by atoms with E-state index in [4.69, 9.17) is 0 Å². The molecule has 0 saturated heterocycles. The minimum atomic E-state index is 0.0801. The fourth-order valence-corrected chi connectivity index (χ4v) is 3.00. The molecule has 4 rings (SSSR count). The first-order chi connectivity index (χ1) is 10.8. The maximum absolute atomic E-state index is 11.8. The summed E-state index contributed by atoms with van der Waals surface area (Å²) >= 11 is 1.42. The van der Waals surface area contributed by atoms with E-state index < -0.39 is 0 Å². The molecule has 1 amide bonds. The van der Waals surface area contributed by atoms with E-state index in [2.05, 4.69) is 15.4 Å². The van der Waals surface area contributed by atoms with Crippen molar-refractivity contribution in [1.29, 1.82) is 0 Å². The zero-order valence-corrected chi connectivity index (χ0v) is 13.1. The Morgan fingerprint density at radius 1 is 1.23 bits per heavy atom. The van der Waals surface area contributed by atoms with E-state index >= 15 is 0 Å². The van der Waals surface area contributed by atoms with Crippen molar-refractivity contribution in [3.8, 4) is 5.69 Å². The number of thioether (sulfide) groups is 1. The highest BCUT2D eigenvalue weighted by molar-refractivity contribution is 7.99. The molecule has 6 heteroatoms. The minimum absolute atomic E-state index is 0.0801. The summed E-state index contributed by atoms with van der Waals surface area (Å²) in [4.78, 5) is 16.4. The summed E-state index contributed by atoms with van der Waals surface area (Å²) in [5.41, 5.74) is 1.03. The number of nitrogens with zero attached hydrogens (tertiary/aromatic N) is 3. The van der Waals surface area contributed by atoms with E-state index in [1.54, 1.807) is 0 Å². The van der Waals surface area contributed by atoms with Crippen LogP contribution in [0.5, 0.6) is 0 Å². The number of amides is 1. The second-order valence-corrected chi connectivity index (χ2v) is 6.85. The lowest BCUT2D eigenvalue weighted by Crippen LogP contribution is -2.27. The molecule has 1 N–H and O–H groups in total. The first-order valence-corrected chi connectivity index (χ1v) is 8.73. The van der Waals surface area contributed by atoms with Gasteiger partial charge in [0.15, 0.2) is 0 Å². The molecule has 0 aliphatic heterocycles. The number of para-hydroxylation sites is 1. The van der Waals surface area contributed by atoms with Gasteiger partial charge in [-0.2, -0.15) is 0 Å². The normalized spacial score (nSPS) is 17.5. The fourth-order valence-electron chi connectivity index (χ4n) is 2.36. The molecule has 0 atom stereocenters. The summed E-state index contributed by atoms with van der Waals surface area (Å²) in [5.74, 6) is 2.01. The first-order valence-electron chi connectivity index (χ1n) is 7.74. The van der Waals surface area contributed by atoms with Crippen molar-refractivity contribution in [2.45, 2.75) is 42.8 Å². The molecule has 0 spiro atoms. The summed E-state index contributed by atoms with van der Waals surface area (Å²) in [5, 5.41) is 8.28. The smallest absolute Gasteiger partial charge is 0.230 e. The van der Waals surface area contributed by atoms with Crippen LogP contribution in [0.3, 0.4) is 0 Å². The predicted octanol–water partition coefficient (Wildman–Crippen LogP) is 2.52. The summed E-state index contributed by atoms with van der Waals surface area (Å²) in [6, 6.07) is 10.5. The van der Waals surface area contributed by atoms with Crippen LogP contribution < -0.4 is 5.32 Å². The van der Waals surface area contributed by atoms with E-state index in [1.807, 2.05) is 35.0 Å². The van der Waals surface area contributed by atoms with Crippen molar-refractivity contribution in [3.05, 3.63) is 36.2 Å². The third-order valence-corrected chi connectivity index (χ3v) is 4.67. The van der Waals surface area contributed by atoms with Crippen molar-refractivity contribution in [2.24, 2.45) is 0 Å². The van der Waals surface area contributed by atoms with Crippen LogP contribution in [-0.4, -0.2) is 32.5 Å². The van der Waals surface area contributed by atoms with Crippen LogP contribution >= 0.6 is 11.8 Å². The maximum Gasteiger partial charge on any atom is 0.230 e. The van der Waals surface area contributed by atoms with Crippen LogP contribution in [0.4, 0.5) is 0 Å². The highest BCUT2D eigenvalue weighted by Crippen LogP contribution is 2.40. The van der Waals surface area contributed by atoms with Crippen LogP contribution in [0.25, 0.3) is 5.69 Å². The molecule has 0 radical (unpaired) electrons. The number of aromatic nitrogens is 3. The summed E-state index contributed by atoms with van der Waals surface area (Å²) < 4.78 is 1.93. The van der Waals surface area contributed by atoms with E-state index in [1.165, 1.54) is 24.6 Å². The van der Waals surface area contributed by atoms with Crippen molar-refractivity contribution in [1.82, 2.24) is 20.1 Å². The average Bonchev–Trinajstić information content (AvgIpc) is 3.46. The van der Waals surface area contributed by atoms with E-state index in [-0.39, 0.29) is 5.91 Å². The monoisotopic (exact) mass is 314 g/mol. The Hall–Kier alpha value is -1.82. The minimum Gasteiger partial charge on any atom is -0.353 e. The Morgan fingerprint density at radius 2 is 2.00 bits per heavy atom. The van der Waals surface area contributed by atoms with Crippen molar-refractivity contribution >= 4 is 17.7 Å². The quantitative estimate of drug-likeness (QED) is 0.832. The van der Waals surface area contributed by atoms with Gasteiger partial charge in [-0.3, -0.25) is 4.79 Å². The largest absolute Gasteiger partial charge is 0.353 e. The lowest BCUT2D eigenvalue weighted by Gasteiger charge is -2.03. The second-order valence-electron chi connectivity index (χ2n) is 5.90. The highest BCUT2D eigenvalue weighted by atomic mass is 32.2. The van der Waals surface area contributed by atoms with Gasteiger partial charge in [-0.15, -0.1) is 5.10 Å². The molecule has 2 saturated carbocycles. The van der Waals surface area contributed by atoms with Gasteiger partial charge >= 0.3 is 0 Å². The van der Waals surface area contributed by atoms with Crippen molar-refractivity contribution in [3.63, 3.8) is 0 Å². The number of hydrogen-bond donors (Lipinski definition) is 1. The molecular formula is C16H18N4OS. The lowest BCUT2D eigenvalue weighted by molar-refractivity contribution is -0.118. The van der Waals surface area contributed by atoms with Gasteiger partial charge in [-0.05, 0) is 37.8 Å². The Morgan fingerprint density at radius 3 is 2.68 bits per heavy atom. The molecule has 2 aliphatic rings. The Kier molecular flexibility index (Phi) is 3.62. The van der Waals surface area contributed by atoms with Gasteiger partial charge in [0.2, 0.25) is 11.1 Å². The summed E-state index contributed by atoms with van der Waals surface area (Å²) in [7, 11) is 0. The van der Waals surface area contributed by atoms with Gasteiger partial charge in [-0.25, -0.2) is 9.67 Å². The SMILES string of the molecule is O=C(CSc1nc(C2CC2)n(-c2ccccc2)n1)NC1CC1. The molecule has 114 valence electrons. The molecule has 1 aromatic carbocycles. The highest BCUT2D eigenvalue weighted by Gasteiger charge is 2.30. The third-order valence-electron chi connectivity index (χ3n) is 3.83. The topological polar surface area (TPSA) is 59.8 Å². The predicted molar refractivity (Wildman–Crippen MR) is 85.2 cm³/mol. The molecule has 0 bridgehead atoms. The molecule has 0 unspecified atom stereocenters. The molecule has 2 aromatic rings. The van der Waals surface area contributed by atoms with Crippen molar-refractivity contribution in [2.75, 3.05) is 5.75 Å². The fraction of sp³-hybridized carbons (Fsp3) is 0.438. The Bertz CT molecular complexity index is 677. The van der Waals surface area contributed by atoms with E-state index in [0.717, 1.165) is 24.4 Å². The second kappa shape index (κ2) is 5.76. The number of nitrogens with one attached hydrogen (secondary N) is 1. The van der Waals surface area contributed by atoms with Gasteiger partial charge in [0.25, 0.3) is 0 Å². The molecule has 2 aliphatic carbocycles. The van der Waals surface area contributed by atoms with E-state index in [0.29, 0.717) is 22.9 Å². The number of benzene rings is 1.